The number of rotatable bonds is 18. The fourth-order valence-corrected chi connectivity index (χ4v) is 5.26. The first-order valence-electron chi connectivity index (χ1n) is 16.3. The molecule has 0 spiro atoms. The SMILES string of the molecule is CCCCOc1nc(N(Cc2ccc(OC)cc2)Cc2ccc(OC)cc2)c2ncc(C(O)c3cccc(OCCCN(C)C)c3)n2n1. The van der Waals surface area contributed by atoms with Crippen LogP contribution in [0.5, 0.6) is 23.3 Å². The minimum Gasteiger partial charge on any atom is -0.497 e. The number of methoxy groups -OCH3 is 2. The molecule has 5 rings (SSSR count). The Morgan fingerprint density at radius 1 is 0.812 bits per heavy atom. The summed E-state index contributed by atoms with van der Waals surface area (Å²) < 4.78 is 24.5. The predicted molar refractivity (Wildman–Crippen MR) is 186 cm³/mol. The first-order chi connectivity index (χ1) is 23.4. The molecule has 0 fully saturated rings. The van der Waals surface area contributed by atoms with Crippen molar-refractivity contribution in [2.24, 2.45) is 0 Å². The number of unbranched alkanes of at least 4 members (excludes halogenated alkanes) is 1. The Hall–Kier alpha value is -4.87. The molecule has 0 aliphatic heterocycles. The smallest absolute Gasteiger partial charge is 0.336 e. The van der Waals surface area contributed by atoms with E-state index < -0.39 is 6.10 Å². The van der Waals surface area contributed by atoms with E-state index in [9.17, 15) is 5.11 Å². The molecule has 0 saturated heterocycles. The van der Waals surface area contributed by atoms with Gasteiger partial charge in [-0.3, -0.25) is 0 Å². The van der Waals surface area contributed by atoms with Gasteiger partial charge in [0, 0.05) is 19.6 Å². The van der Waals surface area contributed by atoms with E-state index in [0.29, 0.717) is 54.8 Å². The molecule has 0 radical (unpaired) electrons. The topological polar surface area (TPSA) is 107 Å². The molecule has 0 amide bonds. The van der Waals surface area contributed by atoms with Gasteiger partial charge in [0.2, 0.25) is 0 Å². The standard InChI is InChI=1S/C37H46N6O5/c1-6-7-21-48-37-39-36(42(25-27-12-16-30(45-4)17-13-27)26-28-14-18-31(46-5)19-15-28)35-38-24-33(43(35)40-37)34(44)29-10-8-11-32(23-29)47-22-9-20-41(2)3/h8,10-19,23-24,34,44H,6-7,9,20-22,25-26H2,1-5H3. The maximum Gasteiger partial charge on any atom is 0.336 e. The Kier molecular flexibility index (Phi) is 12.1. The zero-order valence-electron chi connectivity index (χ0n) is 28.5. The van der Waals surface area contributed by atoms with E-state index in [1.165, 1.54) is 0 Å². The van der Waals surface area contributed by atoms with Crippen LogP contribution in [0.3, 0.4) is 0 Å². The zero-order valence-corrected chi connectivity index (χ0v) is 28.5. The number of aliphatic hydroxyl groups excluding tert-OH is 1. The highest BCUT2D eigenvalue weighted by Crippen LogP contribution is 2.31. The summed E-state index contributed by atoms with van der Waals surface area (Å²) in [6, 6.07) is 23.6. The molecule has 48 heavy (non-hydrogen) atoms. The van der Waals surface area contributed by atoms with Gasteiger partial charge in [-0.15, -0.1) is 5.10 Å². The second-order valence-electron chi connectivity index (χ2n) is 11.9. The lowest BCUT2D eigenvalue weighted by atomic mass is 10.1. The maximum absolute atomic E-state index is 11.7. The van der Waals surface area contributed by atoms with Crippen LogP contribution in [0.25, 0.3) is 5.65 Å². The summed E-state index contributed by atoms with van der Waals surface area (Å²) in [4.78, 5) is 13.9. The van der Waals surface area contributed by atoms with Crippen molar-refractivity contribution in [2.45, 2.75) is 45.4 Å². The van der Waals surface area contributed by atoms with Crippen LogP contribution in [0.4, 0.5) is 5.82 Å². The van der Waals surface area contributed by atoms with Crippen molar-refractivity contribution in [3.8, 4) is 23.3 Å². The van der Waals surface area contributed by atoms with Gasteiger partial charge in [-0.05, 0) is 80.0 Å². The maximum atomic E-state index is 11.7. The van der Waals surface area contributed by atoms with Gasteiger partial charge in [0.25, 0.3) is 0 Å². The number of benzene rings is 3. The van der Waals surface area contributed by atoms with E-state index in [1.807, 2.05) is 86.9 Å². The number of hydrogen-bond acceptors (Lipinski definition) is 10. The van der Waals surface area contributed by atoms with Crippen LogP contribution in [0.1, 0.15) is 54.7 Å². The number of ether oxygens (including phenoxy) is 4. The highest BCUT2D eigenvalue weighted by molar-refractivity contribution is 5.65. The summed E-state index contributed by atoms with van der Waals surface area (Å²) in [5.74, 6) is 2.85. The third-order valence-corrected chi connectivity index (χ3v) is 7.92. The second kappa shape index (κ2) is 16.8. The first-order valence-corrected chi connectivity index (χ1v) is 16.3. The molecular formula is C37H46N6O5. The van der Waals surface area contributed by atoms with Crippen LogP contribution in [0, 0.1) is 0 Å². The van der Waals surface area contributed by atoms with E-state index >= 15 is 0 Å². The van der Waals surface area contributed by atoms with Gasteiger partial charge in [-0.25, -0.2) is 9.50 Å². The molecule has 3 aromatic carbocycles. The van der Waals surface area contributed by atoms with Crippen molar-refractivity contribution >= 4 is 11.5 Å². The average Bonchev–Trinajstić information content (AvgIpc) is 3.54. The molecule has 1 atom stereocenters. The van der Waals surface area contributed by atoms with Crippen molar-refractivity contribution in [3.63, 3.8) is 0 Å². The molecule has 2 heterocycles. The Bertz CT molecular complexity index is 1680. The number of fused-ring (bicyclic) bond motifs is 1. The van der Waals surface area contributed by atoms with Gasteiger partial charge >= 0.3 is 6.01 Å². The van der Waals surface area contributed by atoms with Gasteiger partial charge in [0.05, 0.1) is 39.3 Å². The molecule has 11 nitrogen and oxygen atoms in total. The normalized spacial score (nSPS) is 11.9. The molecule has 1 unspecified atom stereocenters. The van der Waals surface area contributed by atoms with E-state index in [0.717, 1.165) is 48.4 Å². The number of aliphatic hydroxyl groups is 1. The zero-order chi connectivity index (χ0) is 33.9. The number of aromatic nitrogens is 4. The lowest BCUT2D eigenvalue weighted by Gasteiger charge is -2.25. The fraction of sp³-hybridized carbons (Fsp3) is 0.378. The third kappa shape index (κ3) is 8.93. The van der Waals surface area contributed by atoms with E-state index in [4.69, 9.17) is 34.0 Å². The highest BCUT2D eigenvalue weighted by Gasteiger charge is 2.24. The monoisotopic (exact) mass is 654 g/mol. The Morgan fingerprint density at radius 3 is 2.06 bits per heavy atom. The van der Waals surface area contributed by atoms with E-state index in [-0.39, 0.29) is 6.01 Å². The summed E-state index contributed by atoms with van der Waals surface area (Å²) in [5.41, 5.74) is 3.79. The van der Waals surface area contributed by atoms with Gasteiger partial charge in [-0.2, -0.15) is 4.98 Å². The van der Waals surface area contributed by atoms with Gasteiger partial charge in [0.15, 0.2) is 11.5 Å². The van der Waals surface area contributed by atoms with Crippen LogP contribution in [0.15, 0.2) is 79.0 Å². The summed E-state index contributed by atoms with van der Waals surface area (Å²) in [6.45, 7) is 5.14. The summed E-state index contributed by atoms with van der Waals surface area (Å²) in [6.07, 6.45) is 3.36. The largest absolute Gasteiger partial charge is 0.497 e. The van der Waals surface area contributed by atoms with Crippen molar-refractivity contribution in [2.75, 3.05) is 53.0 Å². The Morgan fingerprint density at radius 2 is 1.46 bits per heavy atom. The molecule has 0 aliphatic carbocycles. The minimum atomic E-state index is -1.02. The van der Waals surface area contributed by atoms with Gasteiger partial charge < -0.3 is 33.9 Å². The Labute approximate surface area is 282 Å². The minimum absolute atomic E-state index is 0.213. The molecule has 0 bridgehead atoms. The molecule has 5 aromatic rings. The lowest BCUT2D eigenvalue weighted by molar-refractivity contribution is 0.210. The quantitative estimate of drug-likeness (QED) is 0.114. The molecule has 11 heteroatoms. The summed E-state index contributed by atoms with van der Waals surface area (Å²) >= 11 is 0. The van der Waals surface area contributed by atoms with Crippen molar-refractivity contribution in [1.29, 1.82) is 0 Å². The van der Waals surface area contributed by atoms with Gasteiger partial charge in [0.1, 0.15) is 23.4 Å². The Balaban J connectivity index is 1.53. The van der Waals surface area contributed by atoms with Crippen LogP contribution < -0.4 is 23.8 Å². The number of imidazole rings is 1. The highest BCUT2D eigenvalue weighted by atomic mass is 16.5. The molecule has 0 saturated carbocycles. The summed E-state index contributed by atoms with van der Waals surface area (Å²) in [5, 5.41) is 16.4. The first kappa shape index (κ1) is 34.5. The number of hydrogen-bond donors (Lipinski definition) is 1. The number of anilines is 1. The molecule has 2 aromatic heterocycles. The number of nitrogens with zero attached hydrogens (tertiary/aromatic N) is 6. The van der Waals surface area contributed by atoms with Crippen molar-refractivity contribution < 1.29 is 24.1 Å². The van der Waals surface area contributed by atoms with Crippen LogP contribution >= 0.6 is 0 Å². The molecule has 1 N–H and O–H groups in total. The summed E-state index contributed by atoms with van der Waals surface area (Å²) in [7, 11) is 7.39. The van der Waals surface area contributed by atoms with Gasteiger partial charge in [-0.1, -0.05) is 49.7 Å². The van der Waals surface area contributed by atoms with E-state index in [1.54, 1.807) is 24.9 Å². The van der Waals surface area contributed by atoms with Crippen LogP contribution in [-0.4, -0.2) is 77.7 Å². The molecular weight excluding hydrogens is 608 g/mol. The average molecular weight is 655 g/mol. The fourth-order valence-electron chi connectivity index (χ4n) is 5.26. The molecule has 254 valence electrons. The second-order valence-corrected chi connectivity index (χ2v) is 11.9. The van der Waals surface area contributed by atoms with Crippen molar-refractivity contribution in [3.05, 3.63) is 101 Å². The predicted octanol–water partition coefficient (Wildman–Crippen LogP) is 5.94. The van der Waals surface area contributed by atoms with Crippen LogP contribution in [0.2, 0.25) is 0 Å². The van der Waals surface area contributed by atoms with E-state index in [2.05, 4.69) is 16.7 Å². The van der Waals surface area contributed by atoms with Crippen molar-refractivity contribution in [1.82, 2.24) is 24.5 Å². The third-order valence-electron chi connectivity index (χ3n) is 7.92. The lowest BCUT2D eigenvalue weighted by Crippen LogP contribution is -2.25. The van der Waals surface area contributed by atoms with Crippen LogP contribution in [-0.2, 0) is 13.1 Å². The molecule has 0 aliphatic rings.